The lowest BCUT2D eigenvalue weighted by molar-refractivity contribution is -0.122. The standard InChI is InChI=1S/C23H22N4O.C18H18N4O2/c1-16-11-12-18-7-3-4-8-19(18)20(16)15-24-26-23(28)13-14-27-17(2)25-21-9-5-6-10-22(21)27;1-13-20-15-7-3-4-8-16(15)22(13)11-10-18(24)21-19-12-14-6-2-5-9-17(14)23/h3-12,15H,13-14H2,1-2H3,(H,26,28);2-9,12,23H,10-11H2,1H3,(H,21,24)/b24-15+;19-12+. The zero-order chi connectivity index (χ0) is 36.5. The molecule has 0 radical (unpaired) electrons. The first-order valence-corrected chi connectivity index (χ1v) is 17.0. The van der Waals surface area contributed by atoms with Crippen LogP contribution >= 0.6 is 0 Å². The van der Waals surface area contributed by atoms with Crippen LogP contribution < -0.4 is 10.9 Å². The Morgan fingerprint density at radius 2 is 1.17 bits per heavy atom. The van der Waals surface area contributed by atoms with E-state index < -0.39 is 0 Å². The number of hydrogen-bond acceptors (Lipinski definition) is 7. The molecule has 0 aliphatic rings. The predicted molar refractivity (Wildman–Crippen MR) is 206 cm³/mol. The normalized spacial score (nSPS) is 11.4. The Morgan fingerprint density at radius 1 is 0.654 bits per heavy atom. The summed E-state index contributed by atoms with van der Waals surface area (Å²) in [6, 6.07) is 34.9. The molecule has 2 heterocycles. The number of phenolic OH excluding ortho intramolecular Hbond substituents is 1. The number of amides is 2. The number of fused-ring (bicyclic) bond motifs is 3. The molecule has 0 aliphatic heterocycles. The van der Waals surface area contributed by atoms with Crippen molar-refractivity contribution >= 4 is 57.1 Å². The third kappa shape index (κ3) is 8.39. The molecule has 11 heteroatoms. The molecule has 262 valence electrons. The number of carbonyl (C=O) groups excluding carboxylic acids is 2. The summed E-state index contributed by atoms with van der Waals surface area (Å²) in [4.78, 5) is 33.2. The van der Waals surface area contributed by atoms with Crippen molar-refractivity contribution in [1.29, 1.82) is 0 Å². The van der Waals surface area contributed by atoms with Crippen molar-refractivity contribution in [3.8, 4) is 5.75 Å². The summed E-state index contributed by atoms with van der Waals surface area (Å²) in [5.41, 5.74) is 11.8. The van der Waals surface area contributed by atoms with Gasteiger partial charge in [-0.3, -0.25) is 9.59 Å². The van der Waals surface area contributed by atoms with Crippen LogP contribution in [0.4, 0.5) is 0 Å². The van der Waals surface area contributed by atoms with Crippen molar-refractivity contribution in [3.63, 3.8) is 0 Å². The van der Waals surface area contributed by atoms with Crippen molar-refractivity contribution in [2.24, 2.45) is 10.2 Å². The number of para-hydroxylation sites is 5. The van der Waals surface area contributed by atoms with Crippen molar-refractivity contribution in [2.45, 2.75) is 46.7 Å². The first-order valence-electron chi connectivity index (χ1n) is 17.0. The molecule has 0 unspecified atom stereocenters. The highest BCUT2D eigenvalue weighted by atomic mass is 16.3. The zero-order valence-electron chi connectivity index (χ0n) is 29.3. The van der Waals surface area contributed by atoms with Crippen LogP contribution in [0.2, 0.25) is 0 Å². The van der Waals surface area contributed by atoms with Crippen LogP contribution in [0.25, 0.3) is 32.8 Å². The lowest BCUT2D eigenvalue weighted by Gasteiger charge is -2.07. The van der Waals surface area contributed by atoms with E-state index in [1.54, 1.807) is 30.5 Å². The number of rotatable bonds is 10. The number of aromatic nitrogens is 4. The van der Waals surface area contributed by atoms with Gasteiger partial charge in [0.2, 0.25) is 11.8 Å². The molecule has 0 saturated heterocycles. The average molecular weight is 693 g/mol. The maximum absolute atomic E-state index is 12.3. The van der Waals surface area contributed by atoms with E-state index in [1.165, 1.54) is 6.21 Å². The fourth-order valence-electron chi connectivity index (χ4n) is 6.01. The SMILES string of the molecule is Cc1ccc2ccccc2c1/C=N/NC(=O)CCn1c(C)nc2ccccc21.Cc1nc2ccccc2n1CCC(=O)N/N=C/c1ccccc1O. The summed E-state index contributed by atoms with van der Waals surface area (Å²) in [6.07, 6.45) is 3.78. The highest BCUT2D eigenvalue weighted by Gasteiger charge is 2.10. The van der Waals surface area contributed by atoms with Crippen LogP contribution in [0, 0.1) is 20.8 Å². The van der Waals surface area contributed by atoms with Gasteiger partial charge in [-0.15, -0.1) is 0 Å². The number of benzene rings is 5. The van der Waals surface area contributed by atoms with Gasteiger partial charge in [-0.2, -0.15) is 10.2 Å². The monoisotopic (exact) mass is 692 g/mol. The number of carbonyl (C=O) groups is 2. The summed E-state index contributed by atoms with van der Waals surface area (Å²) in [7, 11) is 0. The van der Waals surface area contributed by atoms with Gasteiger partial charge in [-0.25, -0.2) is 20.8 Å². The van der Waals surface area contributed by atoms with Crippen molar-refractivity contribution in [2.75, 3.05) is 0 Å². The smallest absolute Gasteiger partial charge is 0.241 e. The maximum atomic E-state index is 12.3. The molecule has 5 aromatic carbocycles. The second kappa shape index (κ2) is 16.4. The van der Waals surface area contributed by atoms with Crippen LogP contribution in [-0.4, -0.2) is 48.5 Å². The van der Waals surface area contributed by atoms with Gasteiger partial charge in [0.05, 0.1) is 34.5 Å². The topological polar surface area (TPSA) is 139 Å². The van der Waals surface area contributed by atoms with Crippen molar-refractivity contribution in [1.82, 2.24) is 30.0 Å². The average Bonchev–Trinajstić information content (AvgIpc) is 3.65. The number of hydrogen-bond donors (Lipinski definition) is 3. The largest absolute Gasteiger partial charge is 0.507 e. The maximum Gasteiger partial charge on any atom is 0.241 e. The minimum absolute atomic E-state index is 0.119. The second-order valence-electron chi connectivity index (χ2n) is 12.3. The quantitative estimate of drug-likeness (QED) is 0.105. The molecule has 0 aliphatic carbocycles. The number of nitrogens with one attached hydrogen (secondary N) is 2. The van der Waals surface area contributed by atoms with E-state index in [2.05, 4.69) is 59.9 Å². The van der Waals surface area contributed by atoms with Gasteiger partial charge < -0.3 is 14.2 Å². The lowest BCUT2D eigenvalue weighted by Crippen LogP contribution is -2.19. The second-order valence-corrected chi connectivity index (χ2v) is 12.3. The van der Waals surface area contributed by atoms with E-state index in [0.717, 1.165) is 55.6 Å². The molecule has 11 nitrogen and oxygen atoms in total. The molecule has 2 aromatic heterocycles. The first-order chi connectivity index (χ1) is 25.3. The van der Waals surface area contributed by atoms with Crippen LogP contribution in [0.5, 0.6) is 5.75 Å². The van der Waals surface area contributed by atoms with Gasteiger partial charge in [-0.05, 0) is 73.5 Å². The number of aromatic hydroxyl groups is 1. The molecule has 52 heavy (non-hydrogen) atoms. The van der Waals surface area contributed by atoms with E-state index >= 15 is 0 Å². The number of phenols is 1. The Bertz CT molecular complexity index is 2420. The van der Waals surface area contributed by atoms with Gasteiger partial charge in [0.1, 0.15) is 17.4 Å². The Labute approximate surface area is 301 Å². The summed E-state index contributed by atoms with van der Waals surface area (Å²) in [6.45, 7) is 7.03. The predicted octanol–water partition coefficient (Wildman–Crippen LogP) is 6.94. The number of hydrazone groups is 2. The molecule has 3 N–H and O–H groups in total. The van der Waals surface area contributed by atoms with E-state index in [0.29, 0.717) is 31.5 Å². The lowest BCUT2D eigenvalue weighted by atomic mass is 10.0. The molecule has 7 rings (SSSR count). The van der Waals surface area contributed by atoms with Gasteiger partial charge in [0.25, 0.3) is 0 Å². The Morgan fingerprint density at radius 3 is 1.79 bits per heavy atom. The Kier molecular flexibility index (Phi) is 11.1. The molecular weight excluding hydrogens is 653 g/mol. The number of aryl methyl sites for hydroxylation is 5. The van der Waals surface area contributed by atoms with E-state index in [9.17, 15) is 14.7 Å². The Hall–Kier alpha value is -6.62. The van der Waals surface area contributed by atoms with Crippen molar-refractivity contribution in [3.05, 3.63) is 138 Å². The van der Waals surface area contributed by atoms with Crippen LogP contribution in [0.3, 0.4) is 0 Å². The third-order valence-corrected chi connectivity index (χ3v) is 8.72. The highest BCUT2D eigenvalue weighted by Crippen LogP contribution is 2.21. The number of imidazole rings is 2. The summed E-state index contributed by atoms with van der Waals surface area (Å²) in [5.74, 6) is 1.59. The fourth-order valence-corrected chi connectivity index (χ4v) is 6.01. The molecule has 7 aromatic rings. The zero-order valence-corrected chi connectivity index (χ0v) is 29.3. The molecule has 0 fully saturated rings. The minimum Gasteiger partial charge on any atom is -0.507 e. The molecule has 2 amide bonds. The minimum atomic E-state index is -0.196. The summed E-state index contributed by atoms with van der Waals surface area (Å²) < 4.78 is 4.08. The van der Waals surface area contributed by atoms with E-state index in [1.807, 2.05) is 86.0 Å². The molecule has 0 bridgehead atoms. The van der Waals surface area contributed by atoms with Crippen LogP contribution in [-0.2, 0) is 22.7 Å². The Balaban J connectivity index is 0.000000181. The first kappa shape index (κ1) is 35.2. The van der Waals surface area contributed by atoms with Gasteiger partial charge >= 0.3 is 0 Å². The molecular formula is C41H40N8O3. The van der Waals surface area contributed by atoms with Crippen molar-refractivity contribution < 1.29 is 14.7 Å². The van der Waals surface area contributed by atoms with Crippen LogP contribution in [0.1, 0.15) is 41.2 Å². The molecule has 0 atom stereocenters. The third-order valence-electron chi connectivity index (χ3n) is 8.72. The summed E-state index contributed by atoms with van der Waals surface area (Å²) >= 11 is 0. The van der Waals surface area contributed by atoms with E-state index in [-0.39, 0.29) is 17.6 Å². The van der Waals surface area contributed by atoms with Gasteiger partial charge in [-0.1, -0.05) is 72.8 Å². The van der Waals surface area contributed by atoms with E-state index in [4.69, 9.17) is 0 Å². The summed E-state index contributed by atoms with van der Waals surface area (Å²) in [5, 5.41) is 20.0. The number of nitrogens with zero attached hydrogens (tertiary/aromatic N) is 6. The van der Waals surface area contributed by atoms with Gasteiger partial charge in [0, 0.05) is 37.1 Å². The van der Waals surface area contributed by atoms with Crippen LogP contribution in [0.15, 0.2) is 119 Å². The molecule has 0 saturated carbocycles. The molecule has 0 spiro atoms. The fraction of sp³-hybridized carbons (Fsp3) is 0.171. The highest BCUT2D eigenvalue weighted by molar-refractivity contribution is 6.01. The van der Waals surface area contributed by atoms with Gasteiger partial charge in [0.15, 0.2) is 0 Å².